The summed E-state index contributed by atoms with van der Waals surface area (Å²) in [5.74, 6) is -0.960. The summed E-state index contributed by atoms with van der Waals surface area (Å²) < 4.78 is 56.2. The van der Waals surface area contributed by atoms with Gasteiger partial charge in [0, 0.05) is 17.3 Å². The van der Waals surface area contributed by atoms with Gasteiger partial charge in [0.1, 0.15) is 11.6 Å². The van der Waals surface area contributed by atoms with Crippen molar-refractivity contribution < 1.29 is 22.3 Å². The Balaban J connectivity index is 2.52. The minimum absolute atomic E-state index is 0.285. The summed E-state index contributed by atoms with van der Waals surface area (Å²) in [5, 5.41) is 0. The van der Waals surface area contributed by atoms with Gasteiger partial charge in [0.25, 0.3) is 0 Å². The van der Waals surface area contributed by atoms with Crippen molar-refractivity contribution in [3.8, 4) is 16.9 Å². The molecule has 2 nitrogen and oxygen atoms in total. The smallest absolute Gasteiger partial charge is 0.419 e. The lowest BCUT2D eigenvalue weighted by molar-refractivity contribution is -0.139. The van der Waals surface area contributed by atoms with E-state index in [1.54, 1.807) is 12.1 Å². The van der Waals surface area contributed by atoms with Crippen LogP contribution in [0.15, 0.2) is 36.4 Å². The Labute approximate surface area is 112 Å². The Bertz CT molecular complexity index is 638. The van der Waals surface area contributed by atoms with E-state index in [9.17, 15) is 17.6 Å². The van der Waals surface area contributed by atoms with Crippen molar-refractivity contribution in [2.45, 2.75) is 6.18 Å². The van der Waals surface area contributed by atoms with Crippen LogP contribution in [0.5, 0.6) is 5.75 Å². The minimum atomic E-state index is -4.71. The fourth-order valence-corrected chi connectivity index (χ4v) is 1.86. The molecule has 0 fully saturated rings. The predicted octanol–water partition coefficient (Wildman–Crippen LogP) is 4.10. The lowest BCUT2D eigenvalue weighted by atomic mass is 10.0. The van der Waals surface area contributed by atoms with Crippen LogP contribution in [-0.4, -0.2) is 7.11 Å². The van der Waals surface area contributed by atoms with E-state index >= 15 is 0 Å². The zero-order chi connectivity index (χ0) is 14.9. The van der Waals surface area contributed by atoms with Crippen LogP contribution in [0.3, 0.4) is 0 Å². The zero-order valence-corrected chi connectivity index (χ0v) is 10.5. The predicted molar refractivity (Wildman–Crippen MR) is 67.8 cm³/mol. The molecule has 2 rings (SSSR count). The van der Waals surface area contributed by atoms with Crippen molar-refractivity contribution in [1.82, 2.24) is 0 Å². The van der Waals surface area contributed by atoms with Crippen molar-refractivity contribution in [2.24, 2.45) is 0 Å². The van der Waals surface area contributed by atoms with Gasteiger partial charge in [-0.25, -0.2) is 4.39 Å². The third-order valence-electron chi connectivity index (χ3n) is 2.81. The Morgan fingerprint density at radius 2 is 1.75 bits per heavy atom. The molecule has 0 aliphatic carbocycles. The topological polar surface area (TPSA) is 35.2 Å². The van der Waals surface area contributed by atoms with E-state index in [1.807, 2.05) is 0 Å². The van der Waals surface area contributed by atoms with E-state index in [1.165, 1.54) is 19.2 Å². The highest BCUT2D eigenvalue weighted by atomic mass is 19.4. The highest BCUT2D eigenvalue weighted by Gasteiger charge is 2.34. The van der Waals surface area contributed by atoms with E-state index in [-0.39, 0.29) is 5.56 Å². The first-order chi connectivity index (χ1) is 9.32. The third kappa shape index (κ3) is 2.68. The molecule has 2 aromatic carbocycles. The molecule has 0 aliphatic heterocycles. The second-order valence-corrected chi connectivity index (χ2v) is 4.15. The Hall–Kier alpha value is -2.24. The van der Waals surface area contributed by atoms with Gasteiger partial charge in [0.2, 0.25) is 0 Å². The molecule has 0 radical (unpaired) electrons. The van der Waals surface area contributed by atoms with Crippen molar-refractivity contribution in [2.75, 3.05) is 12.8 Å². The quantitative estimate of drug-likeness (QED) is 0.666. The van der Waals surface area contributed by atoms with Crippen molar-refractivity contribution in [3.05, 3.63) is 47.8 Å². The van der Waals surface area contributed by atoms with E-state index < -0.39 is 17.6 Å². The van der Waals surface area contributed by atoms with Gasteiger partial charge in [0.05, 0.1) is 12.7 Å². The monoisotopic (exact) mass is 285 g/mol. The molecule has 0 saturated heterocycles. The molecule has 106 valence electrons. The van der Waals surface area contributed by atoms with Gasteiger partial charge in [-0.05, 0) is 29.8 Å². The maximum absolute atomic E-state index is 13.6. The van der Waals surface area contributed by atoms with Crippen LogP contribution in [0, 0.1) is 5.82 Å². The fourth-order valence-electron chi connectivity index (χ4n) is 1.86. The van der Waals surface area contributed by atoms with Gasteiger partial charge in [-0.15, -0.1) is 0 Å². The van der Waals surface area contributed by atoms with E-state index in [0.717, 1.165) is 6.07 Å². The summed E-state index contributed by atoms with van der Waals surface area (Å²) in [6, 6.07) is 7.38. The number of halogens is 4. The molecule has 6 heteroatoms. The van der Waals surface area contributed by atoms with E-state index in [4.69, 9.17) is 10.5 Å². The van der Waals surface area contributed by atoms with Crippen LogP contribution in [0.25, 0.3) is 11.1 Å². The summed E-state index contributed by atoms with van der Waals surface area (Å²) in [4.78, 5) is 0. The van der Waals surface area contributed by atoms with Crippen LogP contribution in [-0.2, 0) is 6.18 Å². The average Bonchev–Trinajstić information content (AvgIpc) is 2.36. The second-order valence-electron chi connectivity index (χ2n) is 4.15. The molecule has 0 unspecified atom stereocenters. The first-order valence-electron chi connectivity index (χ1n) is 5.63. The molecular weight excluding hydrogens is 274 g/mol. The molecule has 2 N–H and O–H groups in total. The van der Waals surface area contributed by atoms with Crippen LogP contribution in [0.4, 0.5) is 23.2 Å². The number of rotatable bonds is 2. The lowest BCUT2D eigenvalue weighted by Gasteiger charge is -2.12. The Kier molecular flexibility index (Phi) is 3.57. The molecule has 0 saturated carbocycles. The van der Waals surface area contributed by atoms with Crippen LogP contribution < -0.4 is 10.5 Å². The number of methoxy groups -OCH3 is 1. The number of benzene rings is 2. The fraction of sp³-hybridized carbons (Fsp3) is 0.143. The van der Waals surface area contributed by atoms with Gasteiger partial charge in [-0.3, -0.25) is 0 Å². The van der Waals surface area contributed by atoms with Crippen molar-refractivity contribution >= 4 is 5.69 Å². The number of anilines is 1. The van der Waals surface area contributed by atoms with Gasteiger partial charge < -0.3 is 10.5 Å². The normalized spacial score (nSPS) is 11.4. The molecule has 20 heavy (non-hydrogen) atoms. The molecule has 0 amide bonds. The highest BCUT2D eigenvalue weighted by molar-refractivity contribution is 5.73. The van der Waals surface area contributed by atoms with Crippen LogP contribution in [0.2, 0.25) is 0 Å². The summed E-state index contributed by atoms with van der Waals surface area (Å²) in [5.41, 5.74) is 5.49. The first-order valence-corrected chi connectivity index (χ1v) is 5.63. The second kappa shape index (κ2) is 5.03. The maximum Gasteiger partial charge on any atom is 0.419 e. The van der Waals surface area contributed by atoms with Gasteiger partial charge in [-0.2, -0.15) is 13.2 Å². The van der Waals surface area contributed by atoms with Gasteiger partial charge >= 0.3 is 6.18 Å². The highest BCUT2D eigenvalue weighted by Crippen LogP contribution is 2.36. The molecule has 0 atom stereocenters. The number of ether oxygens (including phenoxy) is 1. The molecular formula is C14H11F4NO. The maximum atomic E-state index is 13.6. The number of nitrogens with two attached hydrogens (primary N) is 1. The number of hydrogen-bond acceptors (Lipinski definition) is 2. The third-order valence-corrected chi connectivity index (χ3v) is 2.81. The summed E-state index contributed by atoms with van der Waals surface area (Å²) in [6.45, 7) is 0. The van der Waals surface area contributed by atoms with Gasteiger partial charge in [-0.1, -0.05) is 6.07 Å². The largest absolute Gasteiger partial charge is 0.496 e. The summed E-state index contributed by atoms with van der Waals surface area (Å²) in [6.07, 6.45) is -4.71. The number of alkyl halides is 3. The molecule has 0 spiro atoms. The molecule has 2 aromatic rings. The SMILES string of the molecule is COc1cc(N)ccc1-c1ccc(C(F)(F)F)c(F)c1. The summed E-state index contributed by atoms with van der Waals surface area (Å²) >= 11 is 0. The molecule has 0 bridgehead atoms. The molecule has 0 aromatic heterocycles. The van der Waals surface area contributed by atoms with Crippen molar-refractivity contribution in [1.29, 1.82) is 0 Å². The Morgan fingerprint density at radius 1 is 1.05 bits per heavy atom. The van der Waals surface area contributed by atoms with Gasteiger partial charge in [0.15, 0.2) is 0 Å². The van der Waals surface area contributed by atoms with Crippen molar-refractivity contribution in [3.63, 3.8) is 0 Å². The van der Waals surface area contributed by atoms with E-state index in [2.05, 4.69) is 0 Å². The lowest BCUT2D eigenvalue weighted by Crippen LogP contribution is -2.07. The standard InChI is InChI=1S/C14H11F4NO/c1-20-13-7-9(19)3-4-10(13)8-2-5-11(12(15)6-8)14(16,17)18/h2-7H,19H2,1H3. The Morgan fingerprint density at radius 3 is 2.30 bits per heavy atom. The van der Waals surface area contributed by atoms with E-state index in [0.29, 0.717) is 23.1 Å². The zero-order valence-electron chi connectivity index (χ0n) is 10.5. The number of hydrogen-bond donors (Lipinski definition) is 1. The minimum Gasteiger partial charge on any atom is -0.496 e. The van der Waals surface area contributed by atoms with Crippen LogP contribution in [0.1, 0.15) is 5.56 Å². The van der Waals surface area contributed by atoms with Crippen LogP contribution >= 0.6 is 0 Å². The average molecular weight is 285 g/mol. The summed E-state index contributed by atoms with van der Waals surface area (Å²) in [7, 11) is 1.40. The molecule has 0 heterocycles. The molecule has 0 aliphatic rings. The number of nitrogen functional groups attached to an aromatic ring is 1. The first kappa shape index (κ1) is 14.2.